The lowest BCUT2D eigenvalue weighted by Gasteiger charge is -2.21. The van der Waals surface area contributed by atoms with E-state index in [9.17, 15) is 0 Å². The van der Waals surface area contributed by atoms with Crippen LogP contribution >= 0.6 is 0 Å². The van der Waals surface area contributed by atoms with Gasteiger partial charge in [-0.2, -0.15) is 0 Å². The molecule has 1 saturated carbocycles. The minimum atomic E-state index is 0.390. The molecular weight excluding hydrogens is 320 g/mol. The molecule has 3 nitrogen and oxygen atoms in total. The van der Waals surface area contributed by atoms with Crippen LogP contribution in [-0.4, -0.2) is 25.2 Å². The Morgan fingerprint density at radius 1 is 0.808 bits per heavy atom. The van der Waals surface area contributed by atoms with Gasteiger partial charge in [0.15, 0.2) is 0 Å². The Morgan fingerprint density at radius 3 is 2.54 bits per heavy atom. The summed E-state index contributed by atoms with van der Waals surface area (Å²) < 4.78 is 6.45. The van der Waals surface area contributed by atoms with Gasteiger partial charge in [0, 0.05) is 23.2 Å². The lowest BCUT2D eigenvalue weighted by atomic mass is 9.85. The average Bonchev–Trinajstić information content (AvgIpc) is 3.24. The lowest BCUT2D eigenvalue weighted by Crippen LogP contribution is -2.21. The van der Waals surface area contributed by atoms with Gasteiger partial charge in [0.05, 0.1) is 6.10 Å². The van der Waals surface area contributed by atoms with Crippen molar-refractivity contribution in [2.24, 2.45) is 0 Å². The number of hydrogen-bond acceptors (Lipinski definition) is 3. The van der Waals surface area contributed by atoms with Crippen LogP contribution in [0.3, 0.4) is 0 Å². The van der Waals surface area contributed by atoms with Crippen molar-refractivity contribution in [2.75, 3.05) is 18.4 Å². The fourth-order valence-corrected chi connectivity index (χ4v) is 5.06. The van der Waals surface area contributed by atoms with E-state index in [1.165, 1.54) is 60.9 Å². The Bertz CT molecular complexity index is 782. The fraction of sp³-hybridized carbons (Fsp3) is 0.478. The second-order valence-corrected chi connectivity index (χ2v) is 7.97. The Morgan fingerprint density at radius 2 is 1.62 bits per heavy atom. The van der Waals surface area contributed by atoms with E-state index < -0.39 is 0 Å². The molecule has 2 aromatic carbocycles. The van der Waals surface area contributed by atoms with Gasteiger partial charge in [-0.1, -0.05) is 30.3 Å². The molecule has 3 heteroatoms. The second kappa shape index (κ2) is 6.96. The highest BCUT2D eigenvalue weighted by atomic mass is 16.5. The van der Waals surface area contributed by atoms with Gasteiger partial charge in [-0.05, 0) is 74.9 Å². The first kappa shape index (κ1) is 16.2. The molecule has 1 saturated heterocycles. The second-order valence-electron chi connectivity index (χ2n) is 7.97. The SMILES string of the molecule is c1ccc(-c2cccc3c2[C@H]2CCNCC[C@@H]2N3)c(OC2CCCC2)c1. The third-order valence-corrected chi connectivity index (χ3v) is 6.34. The Hall–Kier alpha value is -2.00. The molecule has 0 radical (unpaired) electrons. The summed E-state index contributed by atoms with van der Waals surface area (Å²) in [6, 6.07) is 15.9. The molecule has 2 atom stereocenters. The highest BCUT2D eigenvalue weighted by Gasteiger charge is 2.35. The van der Waals surface area contributed by atoms with Gasteiger partial charge in [0.25, 0.3) is 0 Å². The van der Waals surface area contributed by atoms with Crippen LogP contribution in [0.2, 0.25) is 0 Å². The molecule has 2 aliphatic heterocycles. The van der Waals surface area contributed by atoms with Gasteiger partial charge < -0.3 is 15.4 Å². The highest BCUT2D eigenvalue weighted by molar-refractivity contribution is 5.81. The standard InChI is InChI=1S/C23H28N2O/c1-2-7-16(6-1)26-22-11-4-3-8-17(22)18-9-5-10-21-23(18)19-12-14-24-15-13-20(19)25-21/h3-5,8-11,16,19-20,24-25H,1-2,6-7,12-15H2/t19-,20-/m0/s1. The van der Waals surface area contributed by atoms with E-state index in [-0.39, 0.29) is 0 Å². The van der Waals surface area contributed by atoms with E-state index in [4.69, 9.17) is 4.74 Å². The smallest absolute Gasteiger partial charge is 0.127 e. The van der Waals surface area contributed by atoms with E-state index in [2.05, 4.69) is 53.1 Å². The first-order chi connectivity index (χ1) is 12.9. The molecule has 0 spiro atoms. The summed E-state index contributed by atoms with van der Waals surface area (Å²) in [6.45, 7) is 2.22. The number of fused-ring (bicyclic) bond motifs is 3. The summed E-state index contributed by atoms with van der Waals surface area (Å²) in [6.07, 6.45) is 7.77. The third kappa shape index (κ3) is 2.88. The predicted octanol–water partition coefficient (Wildman–Crippen LogP) is 4.94. The molecule has 0 bridgehead atoms. The van der Waals surface area contributed by atoms with Crippen molar-refractivity contribution in [2.45, 2.75) is 56.6 Å². The summed E-state index contributed by atoms with van der Waals surface area (Å²) in [5, 5.41) is 7.36. The number of benzene rings is 2. The van der Waals surface area contributed by atoms with Crippen LogP contribution in [0, 0.1) is 0 Å². The molecule has 1 aliphatic carbocycles. The Labute approximate surface area is 156 Å². The van der Waals surface area contributed by atoms with Crippen LogP contribution in [0.15, 0.2) is 42.5 Å². The fourth-order valence-electron chi connectivity index (χ4n) is 5.06. The molecule has 2 aromatic rings. The zero-order valence-corrected chi connectivity index (χ0v) is 15.3. The van der Waals surface area contributed by atoms with Gasteiger partial charge in [-0.15, -0.1) is 0 Å². The summed E-state index contributed by atoms with van der Waals surface area (Å²) >= 11 is 0. The van der Waals surface area contributed by atoms with Crippen LogP contribution < -0.4 is 15.4 Å². The number of anilines is 1. The maximum absolute atomic E-state index is 6.45. The van der Waals surface area contributed by atoms with E-state index >= 15 is 0 Å². The molecular formula is C23H28N2O. The summed E-state index contributed by atoms with van der Waals surface area (Å²) in [5.74, 6) is 1.65. The summed E-state index contributed by atoms with van der Waals surface area (Å²) in [7, 11) is 0. The third-order valence-electron chi connectivity index (χ3n) is 6.34. The van der Waals surface area contributed by atoms with Gasteiger partial charge in [-0.25, -0.2) is 0 Å². The quantitative estimate of drug-likeness (QED) is 0.824. The number of ether oxygens (including phenoxy) is 1. The van der Waals surface area contributed by atoms with Crippen LogP contribution in [0.25, 0.3) is 11.1 Å². The number of hydrogen-bond donors (Lipinski definition) is 2. The van der Waals surface area contributed by atoms with Crippen LogP contribution in [0.5, 0.6) is 5.75 Å². The van der Waals surface area contributed by atoms with Crippen molar-refractivity contribution < 1.29 is 4.74 Å². The molecule has 26 heavy (non-hydrogen) atoms. The van der Waals surface area contributed by atoms with E-state index in [1.54, 1.807) is 0 Å². The van der Waals surface area contributed by atoms with Crippen molar-refractivity contribution in [1.29, 1.82) is 0 Å². The minimum absolute atomic E-state index is 0.390. The largest absolute Gasteiger partial charge is 0.490 e. The summed E-state index contributed by atoms with van der Waals surface area (Å²) in [4.78, 5) is 0. The Balaban J connectivity index is 1.55. The van der Waals surface area contributed by atoms with Crippen LogP contribution in [0.1, 0.15) is 50.0 Å². The van der Waals surface area contributed by atoms with E-state index in [0.717, 1.165) is 18.8 Å². The van der Waals surface area contributed by atoms with E-state index in [1.807, 2.05) is 0 Å². The molecule has 136 valence electrons. The Kier molecular flexibility index (Phi) is 4.33. The first-order valence-electron chi connectivity index (χ1n) is 10.3. The maximum Gasteiger partial charge on any atom is 0.127 e. The first-order valence-corrected chi connectivity index (χ1v) is 10.3. The monoisotopic (exact) mass is 348 g/mol. The topological polar surface area (TPSA) is 33.3 Å². The van der Waals surface area contributed by atoms with Crippen molar-refractivity contribution in [1.82, 2.24) is 5.32 Å². The van der Waals surface area contributed by atoms with Crippen LogP contribution in [-0.2, 0) is 0 Å². The van der Waals surface area contributed by atoms with Gasteiger partial charge in [-0.3, -0.25) is 0 Å². The maximum atomic E-state index is 6.45. The molecule has 5 rings (SSSR count). The normalized spacial score (nSPS) is 25.2. The van der Waals surface area contributed by atoms with Crippen LogP contribution in [0.4, 0.5) is 5.69 Å². The van der Waals surface area contributed by atoms with Crippen molar-refractivity contribution in [3.8, 4) is 16.9 Å². The highest BCUT2D eigenvalue weighted by Crippen LogP contribution is 2.47. The van der Waals surface area contributed by atoms with Crippen molar-refractivity contribution in [3.63, 3.8) is 0 Å². The zero-order valence-electron chi connectivity index (χ0n) is 15.3. The van der Waals surface area contributed by atoms with Gasteiger partial charge >= 0.3 is 0 Å². The summed E-state index contributed by atoms with van der Waals surface area (Å²) in [5.41, 5.74) is 5.45. The molecule has 0 unspecified atom stereocenters. The molecule has 3 aliphatic rings. The van der Waals surface area contributed by atoms with Crippen molar-refractivity contribution in [3.05, 3.63) is 48.0 Å². The molecule has 2 N–H and O–H groups in total. The molecule has 2 fully saturated rings. The van der Waals surface area contributed by atoms with Gasteiger partial charge in [0.2, 0.25) is 0 Å². The molecule has 0 aromatic heterocycles. The molecule has 2 heterocycles. The average molecular weight is 348 g/mol. The van der Waals surface area contributed by atoms with Gasteiger partial charge in [0.1, 0.15) is 5.75 Å². The molecule has 0 amide bonds. The number of rotatable bonds is 3. The van der Waals surface area contributed by atoms with Crippen molar-refractivity contribution >= 4 is 5.69 Å². The minimum Gasteiger partial charge on any atom is -0.490 e. The predicted molar refractivity (Wildman–Crippen MR) is 107 cm³/mol. The zero-order chi connectivity index (χ0) is 17.3. The number of nitrogens with one attached hydrogen (secondary N) is 2. The van der Waals surface area contributed by atoms with E-state index in [0.29, 0.717) is 18.1 Å². The lowest BCUT2D eigenvalue weighted by molar-refractivity contribution is 0.211. The number of para-hydroxylation sites is 1.